The molecule has 0 heterocycles. The van der Waals surface area contributed by atoms with Crippen molar-refractivity contribution in [3.8, 4) is 0 Å². The van der Waals surface area contributed by atoms with Crippen molar-refractivity contribution in [3.63, 3.8) is 0 Å². The molecular weight excluding hydrogens is 296 g/mol. The number of carbonyl (C=O) groups is 2. The Kier molecular flexibility index (Phi) is 5.71. The first-order valence-electron chi connectivity index (χ1n) is 7.00. The Morgan fingerprint density at radius 2 is 1.70 bits per heavy atom. The Balaban J connectivity index is 2.02. The molecule has 0 saturated carbocycles. The molecule has 2 aromatic carbocycles. The van der Waals surface area contributed by atoms with Crippen molar-refractivity contribution in [2.45, 2.75) is 6.61 Å². The number of nitrogens with one attached hydrogen (secondary N) is 1. The quantitative estimate of drug-likeness (QED) is 0.861. The minimum absolute atomic E-state index is 0.154. The number of hydrogen-bond donors (Lipinski definition) is 1. The van der Waals surface area contributed by atoms with Crippen LogP contribution in [0.4, 0.5) is 10.5 Å². The Labute approximate surface area is 134 Å². The largest absolute Gasteiger partial charge is 0.444 e. The summed E-state index contributed by atoms with van der Waals surface area (Å²) < 4.78 is 5.15. The average molecular weight is 314 g/mol. The summed E-state index contributed by atoms with van der Waals surface area (Å²) in [5, 5.41) is 3.66. The number of hydrogen-bond acceptors (Lipinski definition) is 4. The van der Waals surface area contributed by atoms with E-state index in [0.29, 0.717) is 11.3 Å². The maximum Gasteiger partial charge on any atom is 0.411 e. The second-order valence-electron chi connectivity index (χ2n) is 4.72. The minimum atomic E-state index is -0.630. The molecule has 6 nitrogen and oxygen atoms in total. The van der Waals surface area contributed by atoms with Crippen molar-refractivity contribution in [3.05, 3.63) is 65.7 Å². The summed E-state index contributed by atoms with van der Waals surface area (Å²) in [4.78, 5) is 28.9. The Morgan fingerprint density at radius 1 is 1.04 bits per heavy atom. The van der Waals surface area contributed by atoms with Crippen LogP contribution in [0.5, 0.6) is 0 Å². The topological polar surface area (TPSA) is 67.9 Å². The van der Waals surface area contributed by atoms with Gasteiger partial charge in [0, 0.05) is 7.05 Å². The van der Waals surface area contributed by atoms with Gasteiger partial charge in [0.1, 0.15) is 6.61 Å². The first kappa shape index (κ1) is 16.5. The van der Waals surface area contributed by atoms with Crippen LogP contribution in [0.25, 0.3) is 0 Å². The van der Waals surface area contributed by atoms with E-state index in [1.807, 2.05) is 30.3 Å². The molecular formula is C17H18N2O4. The standard InChI is InChI=1S/C17H18N2O4/c1-19(22-2)16(20)14-10-6-7-11-15(14)18-17(21)23-12-13-8-4-3-5-9-13/h3-11H,12H2,1-2H3,(H,18,21). The molecule has 2 rings (SSSR count). The van der Waals surface area contributed by atoms with Crippen LogP contribution in [0.3, 0.4) is 0 Å². The second kappa shape index (κ2) is 7.95. The highest BCUT2D eigenvalue weighted by atomic mass is 16.7. The summed E-state index contributed by atoms with van der Waals surface area (Å²) in [6.45, 7) is 0.154. The molecule has 0 unspecified atom stereocenters. The Hall–Kier alpha value is -2.86. The molecule has 0 aliphatic heterocycles. The van der Waals surface area contributed by atoms with Crippen molar-refractivity contribution >= 4 is 17.7 Å². The van der Waals surface area contributed by atoms with Crippen LogP contribution in [-0.4, -0.2) is 31.2 Å². The molecule has 6 heteroatoms. The van der Waals surface area contributed by atoms with Gasteiger partial charge in [0.15, 0.2) is 0 Å². The van der Waals surface area contributed by atoms with Crippen LogP contribution < -0.4 is 5.32 Å². The highest BCUT2D eigenvalue weighted by Gasteiger charge is 2.17. The van der Waals surface area contributed by atoms with Crippen molar-refractivity contribution in [1.29, 1.82) is 0 Å². The van der Waals surface area contributed by atoms with Crippen LogP contribution in [0, 0.1) is 0 Å². The van der Waals surface area contributed by atoms with Gasteiger partial charge < -0.3 is 4.74 Å². The van der Waals surface area contributed by atoms with Crippen LogP contribution in [0.2, 0.25) is 0 Å². The van der Waals surface area contributed by atoms with Crippen molar-refractivity contribution in [1.82, 2.24) is 5.06 Å². The van der Waals surface area contributed by atoms with E-state index in [2.05, 4.69) is 5.32 Å². The van der Waals surface area contributed by atoms with Crippen molar-refractivity contribution in [2.75, 3.05) is 19.5 Å². The van der Waals surface area contributed by atoms with Gasteiger partial charge in [0.25, 0.3) is 5.91 Å². The van der Waals surface area contributed by atoms with Gasteiger partial charge in [-0.1, -0.05) is 42.5 Å². The number of ether oxygens (including phenoxy) is 1. The third-order valence-electron chi connectivity index (χ3n) is 3.17. The molecule has 0 fully saturated rings. The summed E-state index contributed by atoms with van der Waals surface area (Å²) in [5.41, 5.74) is 1.55. The molecule has 0 aromatic heterocycles. The summed E-state index contributed by atoms with van der Waals surface area (Å²) in [6.07, 6.45) is -0.630. The lowest BCUT2D eigenvalue weighted by molar-refractivity contribution is -0.0756. The van der Waals surface area contributed by atoms with E-state index in [0.717, 1.165) is 10.6 Å². The summed E-state index contributed by atoms with van der Waals surface area (Å²) >= 11 is 0. The first-order chi connectivity index (χ1) is 11.1. The highest BCUT2D eigenvalue weighted by molar-refractivity contribution is 6.02. The van der Waals surface area contributed by atoms with E-state index >= 15 is 0 Å². The average Bonchev–Trinajstić information content (AvgIpc) is 2.60. The van der Waals surface area contributed by atoms with Gasteiger partial charge in [0.05, 0.1) is 18.4 Å². The number of benzene rings is 2. The predicted octanol–water partition coefficient (Wildman–Crippen LogP) is 3.07. The molecule has 0 spiro atoms. The lowest BCUT2D eigenvalue weighted by atomic mass is 10.1. The Morgan fingerprint density at radius 3 is 2.39 bits per heavy atom. The summed E-state index contributed by atoms with van der Waals surface area (Å²) in [6, 6.07) is 16.0. The lowest BCUT2D eigenvalue weighted by Crippen LogP contribution is -2.27. The molecule has 0 aliphatic carbocycles. The fourth-order valence-corrected chi connectivity index (χ4v) is 1.90. The van der Waals surface area contributed by atoms with Gasteiger partial charge in [-0.2, -0.15) is 0 Å². The van der Waals surface area contributed by atoms with Crippen molar-refractivity contribution in [2.24, 2.45) is 0 Å². The van der Waals surface area contributed by atoms with E-state index in [-0.39, 0.29) is 12.5 Å². The third-order valence-corrected chi connectivity index (χ3v) is 3.17. The molecule has 2 aromatic rings. The van der Waals surface area contributed by atoms with E-state index < -0.39 is 6.09 Å². The van der Waals surface area contributed by atoms with Gasteiger partial charge in [-0.3, -0.25) is 14.9 Å². The number of carbonyl (C=O) groups excluding carboxylic acids is 2. The lowest BCUT2D eigenvalue weighted by Gasteiger charge is -2.16. The zero-order valence-electron chi connectivity index (χ0n) is 13.0. The molecule has 2 amide bonds. The Bertz CT molecular complexity index is 673. The number of amides is 2. The van der Waals surface area contributed by atoms with E-state index in [4.69, 9.17) is 9.57 Å². The third kappa shape index (κ3) is 4.55. The normalized spacial score (nSPS) is 10.0. The van der Waals surface area contributed by atoms with E-state index in [1.54, 1.807) is 24.3 Å². The van der Waals surface area contributed by atoms with E-state index in [1.165, 1.54) is 14.2 Å². The predicted molar refractivity (Wildman–Crippen MR) is 85.8 cm³/mol. The monoisotopic (exact) mass is 314 g/mol. The van der Waals surface area contributed by atoms with Crippen LogP contribution in [0.15, 0.2) is 54.6 Å². The van der Waals surface area contributed by atoms with E-state index in [9.17, 15) is 9.59 Å². The molecule has 0 bridgehead atoms. The SMILES string of the molecule is CON(C)C(=O)c1ccccc1NC(=O)OCc1ccccc1. The molecule has 0 atom stereocenters. The van der Waals surface area contributed by atoms with Crippen molar-refractivity contribution < 1.29 is 19.2 Å². The summed E-state index contributed by atoms with van der Waals surface area (Å²) in [7, 11) is 2.88. The number of para-hydroxylation sites is 1. The summed E-state index contributed by atoms with van der Waals surface area (Å²) in [5.74, 6) is -0.369. The van der Waals surface area contributed by atoms with Gasteiger partial charge >= 0.3 is 6.09 Å². The molecule has 0 saturated heterocycles. The maximum atomic E-state index is 12.2. The maximum absolute atomic E-state index is 12.2. The second-order valence-corrected chi connectivity index (χ2v) is 4.72. The number of hydroxylamine groups is 2. The van der Waals surface area contributed by atoms with Gasteiger partial charge in [0.2, 0.25) is 0 Å². The highest BCUT2D eigenvalue weighted by Crippen LogP contribution is 2.17. The number of anilines is 1. The smallest absolute Gasteiger partial charge is 0.411 e. The first-order valence-corrected chi connectivity index (χ1v) is 7.00. The molecule has 1 N–H and O–H groups in total. The van der Waals surface area contributed by atoms with Gasteiger partial charge in [-0.25, -0.2) is 9.86 Å². The molecule has 120 valence electrons. The van der Waals surface area contributed by atoms with Crippen LogP contribution in [-0.2, 0) is 16.2 Å². The fourth-order valence-electron chi connectivity index (χ4n) is 1.90. The molecule has 0 aliphatic rings. The van der Waals surface area contributed by atoms with Crippen LogP contribution >= 0.6 is 0 Å². The zero-order valence-corrected chi connectivity index (χ0v) is 13.0. The molecule has 23 heavy (non-hydrogen) atoms. The number of rotatable bonds is 5. The van der Waals surface area contributed by atoms with Gasteiger partial charge in [-0.15, -0.1) is 0 Å². The van der Waals surface area contributed by atoms with Crippen LogP contribution in [0.1, 0.15) is 15.9 Å². The van der Waals surface area contributed by atoms with Gasteiger partial charge in [-0.05, 0) is 17.7 Å². The number of nitrogens with zero attached hydrogens (tertiary/aromatic N) is 1. The fraction of sp³-hybridized carbons (Fsp3) is 0.176. The zero-order chi connectivity index (χ0) is 16.7. The molecule has 0 radical (unpaired) electrons. The minimum Gasteiger partial charge on any atom is -0.444 e.